The molecule has 0 spiro atoms. The maximum atomic E-state index is 12.3. The van der Waals surface area contributed by atoms with Gasteiger partial charge >= 0.3 is 17.9 Å². The molecule has 1 aliphatic rings. The molecular weight excluding hydrogens is 470 g/mol. The van der Waals surface area contributed by atoms with Gasteiger partial charge in [0.25, 0.3) is 0 Å². The van der Waals surface area contributed by atoms with Crippen LogP contribution in [-0.4, -0.2) is 48.8 Å². The molecule has 0 saturated carbocycles. The highest BCUT2D eigenvalue weighted by Crippen LogP contribution is 2.36. The number of fused-ring (bicyclic) bond motifs is 1. The molecule has 1 aliphatic heterocycles. The smallest absolute Gasteiger partial charge is 0.337 e. The van der Waals surface area contributed by atoms with Crippen LogP contribution in [0.4, 0.5) is 10.5 Å². The van der Waals surface area contributed by atoms with E-state index in [-0.39, 0.29) is 28.6 Å². The first-order valence-corrected chi connectivity index (χ1v) is 10.7. The number of allylic oxidation sites excluding steroid dienone is 1. The number of esters is 1. The number of nitrogens with zero attached hydrogens (tertiary/aromatic N) is 2. The van der Waals surface area contributed by atoms with Gasteiger partial charge in [0, 0.05) is 11.1 Å². The number of benzene rings is 2. The first-order valence-electron chi connectivity index (χ1n) is 10.7. The van der Waals surface area contributed by atoms with Crippen LogP contribution in [0, 0.1) is 0 Å². The van der Waals surface area contributed by atoms with Gasteiger partial charge in [0.2, 0.25) is 5.88 Å². The molecule has 2 aromatic carbocycles. The fraction of sp³-hybridized carbons (Fsp3) is 0.208. The molecule has 4 N–H and O–H groups in total. The highest BCUT2D eigenvalue weighted by atomic mass is 16.5. The lowest BCUT2D eigenvalue weighted by Crippen LogP contribution is -2.45. The van der Waals surface area contributed by atoms with Gasteiger partial charge < -0.3 is 34.9 Å². The van der Waals surface area contributed by atoms with Crippen molar-refractivity contribution in [2.24, 2.45) is 10.2 Å². The van der Waals surface area contributed by atoms with E-state index in [0.29, 0.717) is 22.2 Å². The molecule has 1 unspecified atom stereocenters. The van der Waals surface area contributed by atoms with E-state index >= 15 is 0 Å². The van der Waals surface area contributed by atoms with Crippen molar-refractivity contribution in [2.75, 3.05) is 20.8 Å². The zero-order valence-electron chi connectivity index (χ0n) is 19.6. The molecule has 0 bridgehead atoms. The van der Waals surface area contributed by atoms with Crippen molar-refractivity contribution in [1.29, 1.82) is 0 Å². The van der Waals surface area contributed by atoms with Crippen LogP contribution in [0.2, 0.25) is 0 Å². The number of nitrogens with one attached hydrogen (secondary N) is 3. The summed E-state index contributed by atoms with van der Waals surface area (Å²) in [5, 5.41) is 23.4. The van der Waals surface area contributed by atoms with E-state index in [1.54, 1.807) is 49.4 Å². The minimum atomic E-state index is -0.784. The summed E-state index contributed by atoms with van der Waals surface area (Å²) in [6, 6.07) is 10.6. The summed E-state index contributed by atoms with van der Waals surface area (Å²) < 4.78 is 15.8. The van der Waals surface area contributed by atoms with Crippen LogP contribution < -0.4 is 20.1 Å². The Hall–Kier alpha value is -4.87. The number of methoxy groups -OCH3 is 2. The predicted octanol–water partition coefficient (Wildman–Crippen LogP) is 3.37. The number of aromatic hydroxyl groups is 1. The van der Waals surface area contributed by atoms with Gasteiger partial charge in [0.1, 0.15) is 0 Å². The van der Waals surface area contributed by atoms with Gasteiger partial charge in [-0.2, -0.15) is 0 Å². The molecule has 0 radical (unpaired) electrons. The third kappa shape index (κ3) is 4.82. The van der Waals surface area contributed by atoms with Gasteiger partial charge in [0.05, 0.1) is 31.4 Å². The maximum Gasteiger partial charge on any atom is 0.337 e. The quantitative estimate of drug-likeness (QED) is 0.289. The fourth-order valence-corrected chi connectivity index (χ4v) is 3.80. The number of rotatable bonds is 7. The van der Waals surface area contributed by atoms with E-state index in [4.69, 9.17) is 14.2 Å². The molecule has 0 aliphatic carbocycles. The summed E-state index contributed by atoms with van der Waals surface area (Å²) in [5.74, 6) is -0.988. The average Bonchev–Trinajstić information content (AvgIpc) is 3.19. The molecule has 3 amide bonds. The monoisotopic (exact) mass is 493 g/mol. The van der Waals surface area contributed by atoms with E-state index in [0.717, 1.165) is 0 Å². The minimum Gasteiger partial charge on any atom is -0.493 e. The normalized spacial score (nSPS) is 15.5. The van der Waals surface area contributed by atoms with Crippen molar-refractivity contribution in [3.63, 3.8) is 0 Å². The van der Waals surface area contributed by atoms with E-state index in [1.165, 1.54) is 14.2 Å². The Bertz CT molecular complexity index is 1410. The van der Waals surface area contributed by atoms with E-state index < -0.39 is 30.6 Å². The van der Waals surface area contributed by atoms with Crippen LogP contribution in [-0.2, 0) is 14.3 Å². The molecule has 12 heteroatoms. The number of hydrogen-bond donors (Lipinski definition) is 4. The molecule has 1 atom stereocenters. The number of hydrogen-bond acceptors (Lipinski definition) is 8. The summed E-state index contributed by atoms with van der Waals surface area (Å²) in [6.45, 7) is 1.15. The van der Waals surface area contributed by atoms with Crippen molar-refractivity contribution < 1.29 is 33.7 Å². The standard InChI is InChI=1S/C24H23N5O7/c1-12-19(23(32)35-3)20(27-24(33)25-12)13-8-9-16(17(10-13)34-2)36-11-18(30)28-29-21-14-6-4-5-7-15(14)26-22(21)31/h4-10,20,26,31H,11H2,1-3H3,(H2,25,27,33). The topological polar surface area (TPSA) is 164 Å². The second-order valence-corrected chi connectivity index (χ2v) is 7.72. The predicted molar refractivity (Wildman–Crippen MR) is 127 cm³/mol. The van der Waals surface area contributed by atoms with Crippen LogP contribution in [0.25, 0.3) is 10.9 Å². The molecular formula is C24H23N5O7. The Morgan fingerprint density at radius 2 is 1.89 bits per heavy atom. The fourth-order valence-electron chi connectivity index (χ4n) is 3.80. The lowest BCUT2D eigenvalue weighted by molar-refractivity contribution is -0.136. The number of amides is 3. The van der Waals surface area contributed by atoms with E-state index in [2.05, 4.69) is 25.8 Å². The lowest BCUT2D eigenvalue weighted by Gasteiger charge is -2.28. The summed E-state index contributed by atoms with van der Waals surface area (Å²) in [6.07, 6.45) is 0. The van der Waals surface area contributed by atoms with E-state index in [1.807, 2.05) is 0 Å². The van der Waals surface area contributed by atoms with Gasteiger partial charge in [-0.3, -0.25) is 4.79 Å². The Balaban J connectivity index is 1.50. The van der Waals surface area contributed by atoms with Gasteiger partial charge in [-0.1, -0.05) is 24.3 Å². The van der Waals surface area contributed by atoms with Crippen molar-refractivity contribution in [2.45, 2.75) is 13.0 Å². The van der Waals surface area contributed by atoms with Crippen molar-refractivity contribution >= 4 is 34.5 Å². The van der Waals surface area contributed by atoms with Crippen LogP contribution in [0.5, 0.6) is 17.4 Å². The molecule has 36 heavy (non-hydrogen) atoms. The van der Waals surface area contributed by atoms with Crippen molar-refractivity contribution in [1.82, 2.24) is 15.6 Å². The van der Waals surface area contributed by atoms with E-state index in [9.17, 15) is 19.5 Å². The maximum absolute atomic E-state index is 12.3. The molecule has 4 rings (SSSR count). The number of azo groups is 1. The largest absolute Gasteiger partial charge is 0.493 e. The van der Waals surface area contributed by atoms with Crippen LogP contribution in [0.1, 0.15) is 18.5 Å². The number of aromatic nitrogens is 1. The van der Waals surface area contributed by atoms with Crippen LogP contribution >= 0.6 is 0 Å². The Morgan fingerprint density at radius 1 is 1.11 bits per heavy atom. The first kappa shape index (κ1) is 24.3. The highest BCUT2D eigenvalue weighted by molar-refractivity contribution is 5.95. The van der Waals surface area contributed by atoms with Crippen molar-refractivity contribution in [3.05, 3.63) is 59.3 Å². The number of urea groups is 1. The average molecular weight is 493 g/mol. The SMILES string of the molecule is COC(=O)C1=C(C)NC(=O)NC1c1ccc(OCC(=O)N=Nc2c(O)[nH]c3ccccc23)c(OC)c1. The number of H-pyrrole nitrogens is 1. The lowest BCUT2D eigenvalue weighted by atomic mass is 9.95. The van der Waals surface area contributed by atoms with Crippen LogP contribution in [0.3, 0.4) is 0 Å². The minimum absolute atomic E-state index is 0.148. The molecule has 3 aromatic rings. The molecule has 12 nitrogen and oxygen atoms in total. The van der Waals surface area contributed by atoms with Gasteiger partial charge in [0.15, 0.2) is 23.8 Å². The highest BCUT2D eigenvalue weighted by Gasteiger charge is 2.32. The van der Waals surface area contributed by atoms with Crippen LogP contribution in [0.15, 0.2) is 64.0 Å². The van der Waals surface area contributed by atoms with Gasteiger partial charge in [-0.25, -0.2) is 9.59 Å². The molecule has 0 saturated heterocycles. The Morgan fingerprint density at radius 3 is 2.64 bits per heavy atom. The number of carbonyl (C=O) groups excluding carboxylic acids is 3. The summed E-state index contributed by atoms with van der Waals surface area (Å²) in [7, 11) is 2.67. The third-order valence-electron chi connectivity index (χ3n) is 5.47. The third-order valence-corrected chi connectivity index (χ3v) is 5.47. The summed E-state index contributed by atoms with van der Waals surface area (Å²) >= 11 is 0. The second-order valence-electron chi connectivity index (χ2n) is 7.72. The van der Waals surface area contributed by atoms with Crippen molar-refractivity contribution in [3.8, 4) is 17.4 Å². The Labute approximate surface area is 204 Å². The number of para-hydroxylation sites is 1. The molecule has 0 fully saturated rings. The first-order chi connectivity index (χ1) is 17.3. The molecule has 2 heterocycles. The second kappa shape index (κ2) is 10.2. The number of aromatic amines is 1. The number of ether oxygens (including phenoxy) is 3. The summed E-state index contributed by atoms with van der Waals surface area (Å²) in [4.78, 5) is 39.3. The zero-order valence-corrected chi connectivity index (χ0v) is 19.6. The summed E-state index contributed by atoms with van der Waals surface area (Å²) in [5.41, 5.74) is 1.95. The zero-order chi connectivity index (χ0) is 25.8. The van der Waals surface area contributed by atoms with Gasteiger partial charge in [-0.05, 0) is 30.7 Å². The number of carbonyl (C=O) groups is 3. The Kier molecular flexibility index (Phi) is 6.86. The molecule has 186 valence electrons. The molecule has 1 aromatic heterocycles. The van der Waals surface area contributed by atoms with Gasteiger partial charge in [-0.15, -0.1) is 10.2 Å².